The number of ether oxygens (including phenoxy) is 1. The molecular formula is C25H30N4O4S. The summed E-state index contributed by atoms with van der Waals surface area (Å²) in [6.45, 7) is 7.08. The second-order valence-electron chi connectivity index (χ2n) is 8.90. The number of nitrogens with zero attached hydrogens (tertiary/aromatic N) is 4. The lowest BCUT2D eigenvalue weighted by Crippen LogP contribution is -2.48. The Labute approximate surface area is 201 Å². The van der Waals surface area contributed by atoms with E-state index in [-0.39, 0.29) is 23.0 Å². The van der Waals surface area contributed by atoms with E-state index in [1.807, 2.05) is 30.9 Å². The van der Waals surface area contributed by atoms with Gasteiger partial charge in [-0.15, -0.1) is 0 Å². The fraction of sp³-hybridized carbons (Fsp3) is 0.440. The van der Waals surface area contributed by atoms with Gasteiger partial charge in [-0.2, -0.15) is 9.57 Å². The maximum Gasteiger partial charge on any atom is 0.253 e. The molecule has 34 heavy (non-hydrogen) atoms. The van der Waals surface area contributed by atoms with E-state index in [0.29, 0.717) is 43.9 Å². The lowest BCUT2D eigenvalue weighted by Gasteiger charge is -2.34. The number of nitriles is 1. The molecule has 4 rings (SSSR count). The van der Waals surface area contributed by atoms with E-state index in [9.17, 15) is 13.2 Å². The second kappa shape index (κ2) is 10.1. The lowest BCUT2D eigenvalue weighted by atomic mass is 10.2. The molecule has 180 valence electrons. The molecule has 2 aromatic carbocycles. The van der Waals surface area contributed by atoms with E-state index in [4.69, 9.17) is 10.00 Å². The molecule has 2 aliphatic heterocycles. The van der Waals surface area contributed by atoms with Gasteiger partial charge in [0.25, 0.3) is 5.91 Å². The number of rotatable bonds is 4. The van der Waals surface area contributed by atoms with Gasteiger partial charge in [-0.1, -0.05) is 0 Å². The van der Waals surface area contributed by atoms with Crippen LogP contribution < -0.4 is 4.90 Å². The Hall–Kier alpha value is -2.93. The Morgan fingerprint density at radius 2 is 1.59 bits per heavy atom. The first-order valence-electron chi connectivity index (χ1n) is 11.6. The van der Waals surface area contributed by atoms with E-state index in [0.717, 1.165) is 18.7 Å². The first-order valence-corrected chi connectivity index (χ1v) is 13.0. The van der Waals surface area contributed by atoms with Crippen molar-refractivity contribution in [2.24, 2.45) is 0 Å². The zero-order valence-electron chi connectivity index (χ0n) is 19.6. The largest absolute Gasteiger partial charge is 0.373 e. The minimum atomic E-state index is -3.64. The number of hydrogen-bond donors (Lipinski definition) is 0. The summed E-state index contributed by atoms with van der Waals surface area (Å²) in [5.41, 5.74) is 2.14. The van der Waals surface area contributed by atoms with E-state index in [1.54, 1.807) is 24.3 Å². The van der Waals surface area contributed by atoms with Gasteiger partial charge in [0.2, 0.25) is 10.0 Å². The van der Waals surface area contributed by atoms with Crippen molar-refractivity contribution in [1.82, 2.24) is 9.21 Å². The standard InChI is InChI=1S/C25H30N4O4S/c1-19-17-29(18-20(2)33-19)34(31,32)24-10-6-22(7-11-24)25(30)28-13-3-12-27(14-15-28)23-8-4-21(16-26)5-9-23/h4-11,19-20H,3,12-15,17-18H2,1-2H3. The zero-order chi connectivity index (χ0) is 24.3. The molecule has 0 aromatic heterocycles. The predicted octanol–water partition coefficient (Wildman–Crippen LogP) is 2.71. The summed E-state index contributed by atoms with van der Waals surface area (Å²) in [5.74, 6) is -0.0979. The van der Waals surface area contributed by atoms with Gasteiger partial charge in [0.05, 0.1) is 28.7 Å². The van der Waals surface area contributed by atoms with Gasteiger partial charge in [0.15, 0.2) is 0 Å². The molecule has 1 amide bonds. The summed E-state index contributed by atoms with van der Waals surface area (Å²) >= 11 is 0. The van der Waals surface area contributed by atoms with E-state index >= 15 is 0 Å². The molecular weight excluding hydrogens is 452 g/mol. The van der Waals surface area contributed by atoms with E-state index in [1.165, 1.54) is 16.4 Å². The van der Waals surface area contributed by atoms with Gasteiger partial charge in [0, 0.05) is 50.5 Å². The molecule has 9 heteroatoms. The number of morpholine rings is 1. The van der Waals surface area contributed by atoms with Crippen LogP contribution in [0.1, 0.15) is 36.2 Å². The molecule has 0 saturated carbocycles. The molecule has 0 N–H and O–H groups in total. The third-order valence-electron chi connectivity index (χ3n) is 6.27. The van der Waals surface area contributed by atoms with Crippen molar-refractivity contribution in [2.75, 3.05) is 44.2 Å². The van der Waals surface area contributed by atoms with Crippen LogP contribution in [0.5, 0.6) is 0 Å². The van der Waals surface area contributed by atoms with Crippen molar-refractivity contribution < 1.29 is 17.9 Å². The highest BCUT2D eigenvalue weighted by Gasteiger charge is 2.32. The molecule has 2 unspecified atom stereocenters. The second-order valence-corrected chi connectivity index (χ2v) is 10.8. The van der Waals surface area contributed by atoms with Crippen LogP contribution in [0.3, 0.4) is 0 Å². The summed E-state index contributed by atoms with van der Waals surface area (Å²) in [6.07, 6.45) is 0.503. The van der Waals surface area contributed by atoms with E-state index < -0.39 is 10.0 Å². The number of carbonyl (C=O) groups excluding carboxylic acids is 1. The van der Waals surface area contributed by atoms with Crippen LogP contribution in [0.25, 0.3) is 0 Å². The minimum absolute atomic E-state index is 0.0979. The van der Waals surface area contributed by atoms with Gasteiger partial charge in [0.1, 0.15) is 0 Å². The van der Waals surface area contributed by atoms with Crippen molar-refractivity contribution in [3.63, 3.8) is 0 Å². The number of carbonyl (C=O) groups is 1. The molecule has 0 bridgehead atoms. The molecule has 2 saturated heterocycles. The third kappa shape index (κ3) is 5.25. The molecule has 2 heterocycles. The summed E-state index contributed by atoms with van der Waals surface area (Å²) in [5, 5.41) is 8.99. The third-order valence-corrected chi connectivity index (χ3v) is 8.12. The van der Waals surface area contributed by atoms with Gasteiger partial charge in [-0.05, 0) is 68.8 Å². The SMILES string of the molecule is CC1CN(S(=O)(=O)c2ccc(C(=O)N3CCCN(c4ccc(C#N)cc4)CC3)cc2)CC(C)O1. The van der Waals surface area contributed by atoms with Gasteiger partial charge < -0.3 is 14.5 Å². The van der Waals surface area contributed by atoms with Gasteiger partial charge in [-0.3, -0.25) is 4.79 Å². The molecule has 2 aromatic rings. The van der Waals surface area contributed by atoms with Gasteiger partial charge >= 0.3 is 0 Å². The average molecular weight is 483 g/mol. The predicted molar refractivity (Wildman–Crippen MR) is 129 cm³/mol. The summed E-state index contributed by atoms with van der Waals surface area (Å²) < 4.78 is 33.2. The number of benzene rings is 2. The van der Waals surface area contributed by atoms with Crippen molar-refractivity contribution in [3.8, 4) is 6.07 Å². The Bertz CT molecular complexity index is 1150. The van der Waals surface area contributed by atoms with Crippen molar-refractivity contribution in [2.45, 2.75) is 37.4 Å². The Morgan fingerprint density at radius 3 is 2.21 bits per heavy atom. The Balaban J connectivity index is 1.42. The van der Waals surface area contributed by atoms with Crippen LogP contribution in [-0.4, -0.2) is 75.0 Å². The number of sulfonamides is 1. The highest BCUT2D eigenvalue weighted by atomic mass is 32.2. The fourth-order valence-corrected chi connectivity index (χ4v) is 6.14. The Kier molecular flexibility index (Phi) is 7.22. The smallest absolute Gasteiger partial charge is 0.253 e. The van der Waals surface area contributed by atoms with Crippen LogP contribution in [0.4, 0.5) is 5.69 Å². The van der Waals surface area contributed by atoms with Crippen LogP contribution in [0.15, 0.2) is 53.4 Å². The Morgan fingerprint density at radius 1 is 0.941 bits per heavy atom. The first kappa shape index (κ1) is 24.2. The average Bonchev–Trinajstić information content (AvgIpc) is 3.09. The number of amides is 1. The molecule has 0 aliphatic carbocycles. The first-order chi connectivity index (χ1) is 16.3. The number of hydrogen-bond acceptors (Lipinski definition) is 6. The van der Waals surface area contributed by atoms with Crippen LogP contribution >= 0.6 is 0 Å². The monoisotopic (exact) mass is 482 g/mol. The van der Waals surface area contributed by atoms with Crippen molar-refractivity contribution in [1.29, 1.82) is 5.26 Å². The van der Waals surface area contributed by atoms with E-state index in [2.05, 4.69) is 11.0 Å². The highest BCUT2D eigenvalue weighted by molar-refractivity contribution is 7.89. The van der Waals surface area contributed by atoms with Crippen molar-refractivity contribution >= 4 is 21.6 Å². The van der Waals surface area contributed by atoms with Crippen LogP contribution in [0, 0.1) is 11.3 Å². The maximum absolute atomic E-state index is 13.1. The normalized spacial score (nSPS) is 22.1. The van der Waals surface area contributed by atoms with Crippen LogP contribution in [-0.2, 0) is 14.8 Å². The summed E-state index contributed by atoms with van der Waals surface area (Å²) in [7, 11) is -3.64. The molecule has 2 aliphatic rings. The highest BCUT2D eigenvalue weighted by Crippen LogP contribution is 2.23. The zero-order valence-corrected chi connectivity index (χ0v) is 20.4. The number of anilines is 1. The quantitative estimate of drug-likeness (QED) is 0.665. The fourth-order valence-electron chi connectivity index (χ4n) is 4.55. The lowest BCUT2D eigenvalue weighted by molar-refractivity contribution is -0.0440. The molecule has 8 nitrogen and oxygen atoms in total. The topological polar surface area (TPSA) is 94.0 Å². The van der Waals surface area contributed by atoms with Crippen LogP contribution in [0.2, 0.25) is 0 Å². The molecule has 2 fully saturated rings. The van der Waals surface area contributed by atoms with Crippen molar-refractivity contribution in [3.05, 3.63) is 59.7 Å². The summed E-state index contributed by atoms with van der Waals surface area (Å²) in [4.78, 5) is 17.3. The van der Waals surface area contributed by atoms with Gasteiger partial charge in [-0.25, -0.2) is 8.42 Å². The molecule has 2 atom stereocenters. The molecule has 0 spiro atoms. The summed E-state index contributed by atoms with van der Waals surface area (Å²) in [6, 6.07) is 15.9. The molecule has 0 radical (unpaired) electrons. The maximum atomic E-state index is 13.1. The minimum Gasteiger partial charge on any atom is -0.373 e.